The molecule has 90 valence electrons. The molecule has 1 atom stereocenters. The Morgan fingerprint density at radius 1 is 1.18 bits per heavy atom. The molecule has 1 aromatic rings. The van der Waals surface area contributed by atoms with Crippen molar-refractivity contribution in [3.8, 4) is 0 Å². The summed E-state index contributed by atoms with van der Waals surface area (Å²) in [5.41, 5.74) is 2.57. The fraction of sp³-hybridized carbons (Fsp3) is 0.562. The summed E-state index contributed by atoms with van der Waals surface area (Å²) in [7, 11) is 0. The summed E-state index contributed by atoms with van der Waals surface area (Å²) in [5, 5.41) is 0. The molecule has 0 radical (unpaired) electrons. The summed E-state index contributed by atoms with van der Waals surface area (Å²) in [6.07, 6.45) is 5.06. The van der Waals surface area contributed by atoms with Crippen molar-refractivity contribution >= 4 is 5.78 Å². The number of benzene rings is 1. The zero-order valence-corrected chi connectivity index (χ0v) is 10.7. The standard InChI is InChI=1S/C16H20O/c1-16(2)10-14(16)15(17)13-8-6-12(7-9-13)11-4-3-5-11/h6-9,11,14H,3-5,10H2,1-2H3. The quantitative estimate of drug-likeness (QED) is 0.709. The van der Waals surface area contributed by atoms with E-state index in [1.54, 1.807) is 0 Å². The highest BCUT2D eigenvalue weighted by atomic mass is 16.1. The number of hydrogen-bond acceptors (Lipinski definition) is 1. The maximum Gasteiger partial charge on any atom is 0.166 e. The first kappa shape index (κ1) is 11.0. The van der Waals surface area contributed by atoms with E-state index in [0.717, 1.165) is 17.9 Å². The van der Waals surface area contributed by atoms with Gasteiger partial charge >= 0.3 is 0 Å². The average Bonchev–Trinajstić information content (AvgIpc) is 2.85. The minimum Gasteiger partial charge on any atom is -0.294 e. The maximum absolute atomic E-state index is 12.2. The molecule has 1 nitrogen and oxygen atoms in total. The average molecular weight is 228 g/mol. The number of carbonyl (C=O) groups excluding carboxylic acids is 1. The minimum absolute atomic E-state index is 0.240. The van der Waals surface area contributed by atoms with Gasteiger partial charge < -0.3 is 0 Å². The maximum atomic E-state index is 12.2. The van der Waals surface area contributed by atoms with Gasteiger partial charge in [-0.05, 0) is 36.2 Å². The van der Waals surface area contributed by atoms with Crippen LogP contribution in [0.2, 0.25) is 0 Å². The molecule has 0 spiro atoms. The smallest absolute Gasteiger partial charge is 0.166 e. The molecule has 1 heteroatoms. The lowest BCUT2D eigenvalue weighted by atomic mass is 9.80. The summed E-state index contributed by atoms with van der Waals surface area (Å²) in [6, 6.07) is 8.38. The van der Waals surface area contributed by atoms with Gasteiger partial charge in [0.15, 0.2) is 5.78 Å². The highest BCUT2D eigenvalue weighted by molar-refractivity contribution is 6.00. The molecule has 2 saturated carbocycles. The van der Waals surface area contributed by atoms with Crippen molar-refractivity contribution in [3.63, 3.8) is 0 Å². The van der Waals surface area contributed by atoms with Crippen LogP contribution in [-0.2, 0) is 0 Å². The second-order valence-electron chi connectivity index (χ2n) is 6.36. The van der Waals surface area contributed by atoms with Crippen LogP contribution in [0.4, 0.5) is 0 Å². The van der Waals surface area contributed by atoms with Gasteiger partial charge in [0.2, 0.25) is 0 Å². The molecule has 0 aliphatic heterocycles. The van der Waals surface area contributed by atoms with Crippen LogP contribution < -0.4 is 0 Å². The third-order valence-corrected chi connectivity index (χ3v) is 4.60. The summed E-state index contributed by atoms with van der Waals surface area (Å²) in [6.45, 7) is 4.36. The summed E-state index contributed by atoms with van der Waals surface area (Å²) < 4.78 is 0. The molecule has 2 fully saturated rings. The largest absolute Gasteiger partial charge is 0.294 e. The first-order chi connectivity index (χ1) is 8.08. The van der Waals surface area contributed by atoms with E-state index in [1.807, 2.05) is 12.1 Å². The number of carbonyl (C=O) groups is 1. The van der Waals surface area contributed by atoms with Crippen molar-refractivity contribution < 1.29 is 4.79 Å². The fourth-order valence-electron chi connectivity index (χ4n) is 2.78. The van der Waals surface area contributed by atoms with Crippen molar-refractivity contribution in [3.05, 3.63) is 35.4 Å². The number of rotatable bonds is 3. The highest BCUT2D eigenvalue weighted by Crippen LogP contribution is 2.53. The monoisotopic (exact) mass is 228 g/mol. The van der Waals surface area contributed by atoms with Gasteiger partial charge in [0, 0.05) is 11.5 Å². The number of hydrogen-bond donors (Lipinski definition) is 0. The normalized spacial score (nSPS) is 26.4. The number of ketones is 1. The van der Waals surface area contributed by atoms with Gasteiger partial charge in [-0.1, -0.05) is 44.5 Å². The van der Waals surface area contributed by atoms with Gasteiger partial charge in [-0.25, -0.2) is 0 Å². The van der Waals surface area contributed by atoms with E-state index in [-0.39, 0.29) is 11.3 Å². The van der Waals surface area contributed by atoms with Gasteiger partial charge in [-0.15, -0.1) is 0 Å². The van der Waals surface area contributed by atoms with Crippen molar-refractivity contribution in [2.45, 2.75) is 45.4 Å². The Kier molecular flexibility index (Phi) is 2.39. The third-order valence-electron chi connectivity index (χ3n) is 4.60. The van der Waals surface area contributed by atoms with Crippen LogP contribution in [0.15, 0.2) is 24.3 Å². The lowest BCUT2D eigenvalue weighted by Crippen LogP contribution is -2.10. The Labute approximate surface area is 103 Å². The molecule has 1 unspecified atom stereocenters. The molecule has 17 heavy (non-hydrogen) atoms. The highest BCUT2D eigenvalue weighted by Gasteiger charge is 2.50. The van der Waals surface area contributed by atoms with Crippen LogP contribution in [0.25, 0.3) is 0 Å². The van der Waals surface area contributed by atoms with Crippen molar-refractivity contribution in [1.82, 2.24) is 0 Å². The van der Waals surface area contributed by atoms with Gasteiger partial charge in [-0.3, -0.25) is 4.79 Å². The minimum atomic E-state index is 0.240. The van der Waals surface area contributed by atoms with Crippen LogP contribution in [0.1, 0.15) is 61.4 Å². The van der Waals surface area contributed by atoms with Gasteiger partial charge in [-0.2, -0.15) is 0 Å². The van der Waals surface area contributed by atoms with E-state index in [4.69, 9.17) is 0 Å². The van der Waals surface area contributed by atoms with E-state index in [9.17, 15) is 4.79 Å². The Balaban J connectivity index is 1.73. The van der Waals surface area contributed by atoms with Crippen molar-refractivity contribution in [1.29, 1.82) is 0 Å². The Bertz CT molecular complexity index is 437. The first-order valence-electron chi connectivity index (χ1n) is 6.72. The summed E-state index contributed by atoms with van der Waals surface area (Å²) in [4.78, 5) is 12.2. The molecular weight excluding hydrogens is 208 g/mol. The Morgan fingerprint density at radius 3 is 2.18 bits per heavy atom. The molecule has 0 heterocycles. The SMILES string of the molecule is CC1(C)CC1C(=O)c1ccc(C2CCC2)cc1. The van der Waals surface area contributed by atoms with Crippen LogP contribution in [-0.4, -0.2) is 5.78 Å². The lowest BCUT2D eigenvalue weighted by molar-refractivity contribution is 0.0953. The van der Waals surface area contributed by atoms with Crippen LogP contribution >= 0.6 is 0 Å². The van der Waals surface area contributed by atoms with Gasteiger partial charge in [0.25, 0.3) is 0 Å². The van der Waals surface area contributed by atoms with Gasteiger partial charge in [0.05, 0.1) is 0 Å². The molecule has 1 aromatic carbocycles. The molecule has 2 aliphatic rings. The molecule has 2 aliphatic carbocycles. The molecule has 0 N–H and O–H groups in total. The molecule has 0 amide bonds. The van der Waals surface area contributed by atoms with Gasteiger partial charge in [0.1, 0.15) is 0 Å². The Morgan fingerprint density at radius 2 is 1.76 bits per heavy atom. The van der Waals surface area contributed by atoms with E-state index >= 15 is 0 Å². The van der Waals surface area contributed by atoms with E-state index in [1.165, 1.54) is 24.8 Å². The van der Waals surface area contributed by atoms with Crippen molar-refractivity contribution in [2.24, 2.45) is 11.3 Å². The fourth-order valence-corrected chi connectivity index (χ4v) is 2.78. The van der Waals surface area contributed by atoms with E-state index in [0.29, 0.717) is 5.78 Å². The molecule has 3 rings (SSSR count). The number of Topliss-reactive ketones (excluding diaryl/α,β-unsaturated/α-hetero) is 1. The zero-order valence-electron chi connectivity index (χ0n) is 10.7. The van der Waals surface area contributed by atoms with Crippen LogP contribution in [0, 0.1) is 11.3 Å². The second kappa shape index (κ2) is 3.69. The van der Waals surface area contributed by atoms with E-state index < -0.39 is 0 Å². The molecular formula is C16H20O. The topological polar surface area (TPSA) is 17.1 Å². The third kappa shape index (κ3) is 1.92. The molecule has 0 saturated heterocycles. The first-order valence-corrected chi connectivity index (χ1v) is 6.72. The predicted molar refractivity (Wildman–Crippen MR) is 69.3 cm³/mol. The lowest BCUT2D eigenvalue weighted by Gasteiger charge is -2.25. The molecule has 0 aromatic heterocycles. The summed E-state index contributed by atoms with van der Waals surface area (Å²) >= 11 is 0. The van der Waals surface area contributed by atoms with Crippen molar-refractivity contribution in [2.75, 3.05) is 0 Å². The van der Waals surface area contributed by atoms with Crippen LogP contribution in [0.3, 0.4) is 0 Å². The second-order valence-corrected chi connectivity index (χ2v) is 6.36. The van der Waals surface area contributed by atoms with Crippen LogP contribution in [0.5, 0.6) is 0 Å². The molecule has 0 bridgehead atoms. The predicted octanol–water partition coefficient (Wildman–Crippen LogP) is 4.18. The Hall–Kier alpha value is -1.11. The zero-order chi connectivity index (χ0) is 12.0. The summed E-state index contributed by atoms with van der Waals surface area (Å²) in [5.74, 6) is 1.36. The van der Waals surface area contributed by atoms with E-state index in [2.05, 4.69) is 26.0 Å².